The van der Waals surface area contributed by atoms with Crippen molar-refractivity contribution in [3.63, 3.8) is 0 Å². The number of thiophene rings is 1. The van der Waals surface area contributed by atoms with E-state index in [0.29, 0.717) is 5.82 Å². The zero-order valence-electron chi connectivity index (χ0n) is 9.90. The normalized spacial score (nSPS) is 12.3. The summed E-state index contributed by atoms with van der Waals surface area (Å²) < 4.78 is 6.61. The molecule has 0 bridgehead atoms. The van der Waals surface area contributed by atoms with Crippen molar-refractivity contribution in [2.75, 3.05) is 7.11 Å². The number of aliphatic carboxylic acids is 1. The minimum absolute atomic E-state index is 0.0272. The number of carboxylic acid groups (broad SMARTS) is 1. The van der Waals surface area contributed by atoms with E-state index in [4.69, 9.17) is 9.84 Å². The Kier molecular flexibility index (Phi) is 3.56. The van der Waals surface area contributed by atoms with Gasteiger partial charge in [0.1, 0.15) is 5.75 Å². The summed E-state index contributed by atoms with van der Waals surface area (Å²) in [5, 5.41) is 22.0. The lowest BCUT2D eigenvalue weighted by Crippen LogP contribution is -2.13. The molecule has 2 aromatic rings. The van der Waals surface area contributed by atoms with Crippen molar-refractivity contribution in [1.82, 2.24) is 20.2 Å². The van der Waals surface area contributed by atoms with Gasteiger partial charge in [-0.2, -0.15) is 0 Å². The number of methoxy groups -OCH3 is 1. The van der Waals surface area contributed by atoms with Gasteiger partial charge >= 0.3 is 5.97 Å². The predicted octanol–water partition coefficient (Wildman–Crippen LogP) is 1.45. The molecule has 18 heavy (non-hydrogen) atoms. The predicted molar refractivity (Wildman–Crippen MR) is 64.6 cm³/mol. The van der Waals surface area contributed by atoms with E-state index in [0.717, 1.165) is 10.6 Å². The van der Waals surface area contributed by atoms with Gasteiger partial charge in [0.05, 0.1) is 24.4 Å². The molecule has 2 rings (SSSR count). The van der Waals surface area contributed by atoms with Crippen LogP contribution < -0.4 is 4.74 Å². The van der Waals surface area contributed by atoms with Gasteiger partial charge in [-0.25, -0.2) is 4.68 Å². The first kappa shape index (κ1) is 12.5. The van der Waals surface area contributed by atoms with E-state index in [1.807, 2.05) is 11.4 Å². The topological polar surface area (TPSA) is 90.1 Å². The fraction of sp³-hybridized carbons (Fsp3) is 0.400. The van der Waals surface area contributed by atoms with E-state index in [1.165, 1.54) is 16.0 Å². The molecule has 1 N–H and O–H groups in total. The van der Waals surface area contributed by atoms with Crippen LogP contribution >= 0.6 is 11.3 Å². The van der Waals surface area contributed by atoms with Gasteiger partial charge in [0, 0.05) is 11.4 Å². The number of hydrogen-bond acceptors (Lipinski definition) is 6. The van der Waals surface area contributed by atoms with Crippen molar-refractivity contribution in [2.24, 2.45) is 0 Å². The molecule has 0 spiro atoms. The second-order valence-corrected chi connectivity index (χ2v) is 4.66. The lowest BCUT2D eigenvalue weighted by molar-refractivity contribution is -0.137. The molecule has 0 aromatic carbocycles. The minimum Gasteiger partial charge on any atom is -0.496 e. The van der Waals surface area contributed by atoms with Gasteiger partial charge in [-0.15, -0.1) is 16.4 Å². The third-order valence-corrected chi connectivity index (χ3v) is 3.32. The zero-order valence-corrected chi connectivity index (χ0v) is 10.7. The first-order valence-electron chi connectivity index (χ1n) is 5.24. The van der Waals surface area contributed by atoms with E-state index in [9.17, 15) is 4.79 Å². The van der Waals surface area contributed by atoms with E-state index in [1.54, 1.807) is 14.0 Å². The van der Waals surface area contributed by atoms with Crippen LogP contribution in [0.3, 0.4) is 0 Å². The first-order chi connectivity index (χ1) is 8.61. The van der Waals surface area contributed by atoms with Crippen molar-refractivity contribution in [3.05, 3.63) is 11.4 Å². The second kappa shape index (κ2) is 5.13. The molecular weight excluding hydrogens is 256 g/mol. The molecule has 0 amide bonds. The number of nitrogens with zero attached hydrogens (tertiary/aromatic N) is 4. The van der Waals surface area contributed by atoms with Crippen LogP contribution in [0.25, 0.3) is 10.7 Å². The molecule has 0 fully saturated rings. The molecule has 0 saturated heterocycles. The van der Waals surface area contributed by atoms with Gasteiger partial charge in [0.15, 0.2) is 5.82 Å². The van der Waals surface area contributed by atoms with Crippen molar-refractivity contribution in [3.8, 4) is 16.5 Å². The van der Waals surface area contributed by atoms with Crippen LogP contribution in [0.15, 0.2) is 11.4 Å². The molecule has 2 heterocycles. The summed E-state index contributed by atoms with van der Waals surface area (Å²) in [5.74, 6) is 0.403. The molecule has 0 aliphatic rings. The summed E-state index contributed by atoms with van der Waals surface area (Å²) in [4.78, 5) is 11.5. The van der Waals surface area contributed by atoms with Crippen LogP contribution in [0.5, 0.6) is 5.75 Å². The highest BCUT2D eigenvalue weighted by Gasteiger charge is 2.18. The molecule has 0 aliphatic carbocycles. The Balaban J connectivity index is 2.29. The molecule has 0 saturated carbocycles. The van der Waals surface area contributed by atoms with Gasteiger partial charge in [0.2, 0.25) is 0 Å². The minimum atomic E-state index is -0.882. The molecule has 0 aliphatic heterocycles. The van der Waals surface area contributed by atoms with E-state index >= 15 is 0 Å². The molecule has 96 valence electrons. The summed E-state index contributed by atoms with van der Waals surface area (Å²) in [6, 6.07) is 1.51. The Morgan fingerprint density at radius 1 is 1.67 bits per heavy atom. The number of ether oxygens (including phenoxy) is 1. The van der Waals surface area contributed by atoms with Crippen LogP contribution in [0.4, 0.5) is 0 Å². The zero-order chi connectivity index (χ0) is 13.1. The molecule has 8 heteroatoms. The third-order valence-electron chi connectivity index (χ3n) is 2.41. The third kappa shape index (κ3) is 2.48. The lowest BCUT2D eigenvalue weighted by Gasteiger charge is -2.09. The highest BCUT2D eigenvalue weighted by molar-refractivity contribution is 7.13. The maximum absolute atomic E-state index is 10.7. The van der Waals surface area contributed by atoms with E-state index < -0.39 is 5.97 Å². The quantitative estimate of drug-likeness (QED) is 0.882. The van der Waals surface area contributed by atoms with Gasteiger partial charge < -0.3 is 9.84 Å². The van der Waals surface area contributed by atoms with Crippen LogP contribution in [0.1, 0.15) is 19.4 Å². The van der Waals surface area contributed by atoms with E-state index in [2.05, 4.69) is 15.5 Å². The molecule has 0 radical (unpaired) electrons. The number of carbonyl (C=O) groups is 1. The fourth-order valence-corrected chi connectivity index (χ4v) is 2.37. The molecule has 2 aromatic heterocycles. The highest BCUT2D eigenvalue weighted by Crippen LogP contribution is 2.30. The monoisotopic (exact) mass is 268 g/mol. The van der Waals surface area contributed by atoms with Gasteiger partial charge in [-0.1, -0.05) is 0 Å². The highest BCUT2D eigenvalue weighted by atomic mass is 32.1. The number of carboxylic acids is 1. The Labute approximate surface area is 107 Å². The molecule has 1 unspecified atom stereocenters. The Morgan fingerprint density at radius 3 is 3.06 bits per heavy atom. The van der Waals surface area contributed by atoms with Gasteiger partial charge in [-0.3, -0.25) is 4.79 Å². The number of rotatable bonds is 5. The van der Waals surface area contributed by atoms with Crippen molar-refractivity contribution in [2.45, 2.75) is 19.4 Å². The number of aromatic nitrogens is 4. The largest absolute Gasteiger partial charge is 0.496 e. The van der Waals surface area contributed by atoms with Crippen LogP contribution in [0.2, 0.25) is 0 Å². The summed E-state index contributed by atoms with van der Waals surface area (Å²) in [7, 11) is 1.59. The molecule has 1 atom stereocenters. The Morgan fingerprint density at radius 2 is 2.44 bits per heavy atom. The number of hydrogen-bond donors (Lipinski definition) is 1. The SMILES string of the molecule is COc1csc(-c2nnnn2C(C)CC(=O)O)c1. The maximum atomic E-state index is 10.7. The van der Waals surface area contributed by atoms with Crippen molar-refractivity contribution >= 4 is 17.3 Å². The van der Waals surface area contributed by atoms with Crippen molar-refractivity contribution in [1.29, 1.82) is 0 Å². The smallest absolute Gasteiger partial charge is 0.305 e. The lowest BCUT2D eigenvalue weighted by atomic mass is 10.2. The van der Waals surface area contributed by atoms with Gasteiger partial charge in [-0.05, 0) is 17.4 Å². The molecular formula is C10H12N4O3S. The van der Waals surface area contributed by atoms with Gasteiger partial charge in [0.25, 0.3) is 0 Å². The summed E-state index contributed by atoms with van der Waals surface area (Å²) in [6.07, 6.45) is -0.0272. The fourth-order valence-electron chi connectivity index (χ4n) is 1.54. The van der Waals surface area contributed by atoms with E-state index in [-0.39, 0.29) is 12.5 Å². The maximum Gasteiger partial charge on any atom is 0.305 e. The van der Waals surface area contributed by atoms with Crippen LogP contribution in [0, 0.1) is 0 Å². The Bertz CT molecular complexity index is 551. The van der Waals surface area contributed by atoms with Crippen LogP contribution in [-0.2, 0) is 4.79 Å². The summed E-state index contributed by atoms with van der Waals surface area (Å²) in [6.45, 7) is 1.76. The first-order valence-corrected chi connectivity index (χ1v) is 6.12. The number of tetrazole rings is 1. The summed E-state index contributed by atoms with van der Waals surface area (Å²) in [5.41, 5.74) is 0. The second-order valence-electron chi connectivity index (χ2n) is 3.74. The standard InChI is InChI=1S/C10H12N4O3S/c1-6(3-9(15)16)14-10(11-12-13-14)8-4-7(17-2)5-18-8/h4-6H,3H2,1-2H3,(H,15,16). The van der Waals surface area contributed by atoms with Crippen LogP contribution in [-0.4, -0.2) is 38.4 Å². The van der Waals surface area contributed by atoms with Crippen molar-refractivity contribution < 1.29 is 14.6 Å². The summed E-state index contributed by atoms with van der Waals surface area (Å²) >= 11 is 1.45. The average molecular weight is 268 g/mol. The Hall–Kier alpha value is -1.96. The molecule has 7 nitrogen and oxygen atoms in total. The average Bonchev–Trinajstić information content (AvgIpc) is 2.96.